The second-order valence-corrected chi connectivity index (χ2v) is 3.50. The smallest absolute Gasteiger partial charge is 0.328 e. The molecule has 0 saturated carbocycles. The van der Waals surface area contributed by atoms with Crippen molar-refractivity contribution in [2.75, 3.05) is 0 Å². The van der Waals surface area contributed by atoms with Gasteiger partial charge in [0, 0.05) is 18.9 Å². The van der Waals surface area contributed by atoms with Crippen molar-refractivity contribution < 1.29 is 14.7 Å². The summed E-state index contributed by atoms with van der Waals surface area (Å²) < 4.78 is 0. The van der Waals surface area contributed by atoms with Crippen LogP contribution in [0, 0.1) is 0 Å². The average molecular weight is 198 g/mol. The number of carbonyl (C=O) groups is 2. The van der Waals surface area contributed by atoms with E-state index >= 15 is 0 Å². The standard InChI is InChI=1S/C11H18O3/c1-3-4-5-6-10(12)7-9(2)8-11(13)14/h8H,3-7H2,1-2H3,(H,13,14). The van der Waals surface area contributed by atoms with Crippen LogP contribution in [0.25, 0.3) is 0 Å². The number of unbranched alkanes of at least 4 members (excludes halogenated alkanes) is 2. The van der Waals surface area contributed by atoms with E-state index in [0.717, 1.165) is 25.3 Å². The summed E-state index contributed by atoms with van der Waals surface area (Å²) in [4.78, 5) is 21.5. The number of hydrogen-bond acceptors (Lipinski definition) is 2. The Kier molecular flexibility index (Phi) is 6.72. The lowest BCUT2D eigenvalue weighted by Gasteiger charge is -1.99. The van der Waals surface area contributed by atoms with Gasteiger partial charge in [0.1, 0.15) is 5.78 Å². The Morgan fingerprint density at radius 2 is 1.93 bits per heavy atom. The van der Waals surface area contributed by atoms with E-state index in [0.29, 0.717) is 12.0 Å². The van der Waals surface area contributed by atoms with E-state index in [1.54, 1.807) is 6.92 Å². The molecule has 3 nitrogen and oxygen atoms in total. The van der Waals surface area contributed by atoms with Crippen LogP contribution in [0.2, 0.25) is 0 Å². The number of aliphatic carboxylic acids is 1. The number of allylic oxidation sites excluding steroid dienone is 1. The van der Waals surface area contributed by atoms with Crippen LogP contribution in [0.15, 0.2) is 11.6 Å². The Balaban J connectivity index is 3.77. The molecule has 0 aromatic carbocycles. The van der Waals surface area contributed by atoms with Crippen molar-refractivity contribution in [2.24, 2.45) is 0 Å². The normalized spacial score (nSPS) is 11.4. The molecule has 0 unspecified atom stereocenters. The van der Waals surface area contributed by atoms with Gasteiger partial charge in [-0.25, -0.2) is 4.79 Å². The molecule has 0 amide bonds. The summed E-state index contributed by atoms with van der Waals surface area (Å²) in [5, 5.41) is 8.42. The maximum absolute atomic E-state index is 11.3. The quantitative estimate of drug-likeness (QED) is 0.505. The molecule has 0 aliphatic heterocycles. The molecule has 0 radical (unpaired) electrons. The van der Waals surface area contributed by atoms with Gasteiger partial charge < -0.3 is 5.11 Å². The van der Waals surface area contributed by atoms with E-state index in [4.69, 9.17) is 5.11 Å². The van der Waals surface area contributed by atoms with Crippen LogP contribution in [-0.4, -0.2) is 16.9 Å². The largest absolute Gasteiger partial charge is 0.478 e. The second kappa shape index (κ2) is 7.30. The minimum atomic E-state index is -0.983. The molecule has 0 spiro atoms. The van der Waals surface area contributed by atoms with Gasteiger partial charge in [0.25, 0.3) is 0 Å². The lowest BCUT2D eigenvalue weighted by molar-refractivity contribution is -0.131. The van der Waals surface area contributed by atoms with Gasteiger partial charge >= 0.3 is 5.97 Å². The molecular formula is C11H18O3. The van der Waals surface area contributed by atoms with Crippen molar-refractivity contribution in [1.29, 1.82) is 0 Å². The van der Waals surface area contributed by atoms with Crippen molar-refractivity contribution in [2.45, 2.75) is 46.0 Å². The highest BCUT2D eigenvalue weighted by Crippen LogP contribution is 2.07. The van der Waals surface area contributed by atoms with E-state index in [2.05, 4.69) is 6.92 Å². The molecule has 0 aliphatic carbocycles. The first-order valence-corrected chi connectivity index (χ1v) is 4.98. The molecule has 0 saturated heterocycles. The van der Waals surface area contributed by atoms with Crippen LogP contribution in [0.3, 0.4) is 0 Å². The van der Waals surface area contributed by atoms with Gasteiger partial charge in [-0.3, -0.25) is 4.79 Å². The number of carboxylic acid groups (broad SMARTS) is 1. The Labute approximate surface area is 84.8 Å². The van der Waals surface area contributed by atoms with Gasteiger partial charge in [0.05, 0.1) is 0 Å². The Morgan fingerprint density at radius 3 is 2.43 bits per heavy atom. The third kappa shape index (κ3) is 7.53. The number of hydrogen-bond donors (Lipinski definition) is 1. The minimum Gasteiger partial charge on any atom is -0.478 e. The highest BCUT2D eigenvalue weighted by molar-refractivity contribution is 5.85. The lowest BCUT2D eigenvalue weighted by Crippen LogP contribution is -2.00. The summed E-state index contributed by atoms with van der Waals surface area (Å²) in [6.45, 7) is 3.76. The highest BCUT2D eigenvalue weighted by atomic mass is 16.4. The first kappa shape index (κ1) is 12.9. The van der Waals surface area contributed by atoms with Crippen molar-refractivity contribution in [3.05, 3.63) is 11.6 Å². The average Bonchev–Trinajstić information content (AvgIpc) is 2.02. The Hall–Kier alpha value is -1.12. The molecule has 0 rings (SSSR count). The number of carboxylic acids is 1. The van der Waals surface area contributed by atoms with Gasteiger partial charge in [-0.15, -0.1) is 0 Å². The van der Waals surface area contributed by atoms with Gasteiger partial charge in [-0.05, 0) is 13.3 Å². The third-order valence-electron chi connectivity index (χ3n) is 1.91. The number of carbonyl (C=O) groups excluding carboxylic acids is 1. The lowest BCUT2D eigenvalue weighted by atomic mass is 10.1. The summed E-state index contributed by atoms with van der Waals surface area (Å²) in [7, 11) is 0. The summed E-state index contributed by atoms with van der Waals surface area (Å²) in [6, 6.07) is 0. The maximum atomic E-state index is 11.3. The van der Waals surface area contributed by atoms with Crippen molar-refractivity contribution >= 4 is 11.8 Å². The van der Waals surface area contributed by atoms with E-state index in [9.17, 15) is 9.59 Å². The topological polar surface area (TPSA) is 54.4 Å². The fourth-order valence-electron chi connectivity index (χ4n) is 1.23. The van der Waals surface area contributed by atoms with Crippen LogP contribution in [0.1, 0.15) is 46.0 Å². The molecule has 3 heteroatoms. The maximum Gasteiger partial charge on any atom is 0.328 e. The van der Waals surface area contributed by atoms with E-state index < -0.39 is 5.97 Å². The monoisotopic (exact) mass is 198 g/mol. The molecular weight excluding hydrogens is 180 g/mol. The number of ketones is 1. The third-order valence-corrected chi connectivity index (χ3v) is 1.91. The Morgan fingerprint density at radius 1 is 1.29 bits per heavy atom. The van der Waals surface area contributed by atoms with Crippen LogP contribution >= 0.6 is 0 Å². The molecule has 0 aromatic rings. The SMILES string of the molecule is CCCCCC(=O)CC(C)=CC(=O)O. The zero-order valence-corrected chi connectivity index (χ0v) is 8.88. The molecule has 0 bridgehead atoms. The van der Waals surface area contributed by atoms with E-state index in [-0.39, 0.29) is 12.2 Å². The van der Waals surface area contributed by atoms with E-state index in [1.807, 2.05) is 0 Å². The van der Waals surface area contributed by atoms with Crippen molar-refractivity contribution in [3.8, 4) is 0 Å². The summed E-state index contributed by atoms with van der Waals surface area (Å²) in [5.41, 5.74) is 0.624. The summed E-state index contributed by atoms with van der Waals surface area (Å²) in [6.07, 6.45) is 5.01. The molecule has 0 atom stereocenters. The van der Waals surface area contributed by atoms with Crippen molar-refractivity contribution in [1.82, 2.24) is 0 Å². The molecule has 1 N–H and O–H groups in total. The number of rotatable bonds is 7. The fraction of sp³-hybridized carbons (Fsp3) is 0.636. The second-order valence-electron chi connectivity index (χ2n) is 3.50. The van der Waals surface area contributed by atoms with Crippen LogP contribution in [-0.2, 0) is 9.59 Å². The van der Waals surface area contributed by atoms with E-state index in [1.165, 1.54) is 0 Å². The molecule has 0 aromatic heterocycles. The molecule has 0 aliphatic rings. The zero-order chi connectivity index (χ0) is 11.0. The predicted molar refractivity (Wildman–Crippen MR) is 55.2 cm³/mol. The van der Waals surface area contributed by atoms with Crippen LogP contribution in [0.4, 0.5) is 0 Å². The Bertz CT molecular complexity index is 229. The molecule has 80 valence electrons. The first-order chi connectivity index (χ1) is 6.56. The van der Waals surface area contributed by atoms with Gasteiger partial charge in [-0.1, -0.05) is 25.3 Å². The van der Waals surface area contributed by atoms with Gasteiger partial charge in [0.2, 0.25) is 0 Å². The van der Waals surface area contributed by atoms with Crippen LogP contribution in [0.5, 0.6) is 0 Å². The molecule has 0 heterocycles. The van der Waals surface area contributed by atoms with Gasteiger partial charge in [0.15, 0.2) is 0 Å². The van der Waals surface area contributed by atoms with Crippen LogP contribution < -0.4 is 0 Å². The molecule has 0 fully saturated rings. The summed E-state index contributed by atoms with van der Waals surface area (Å²) in [5.74, 6) is -0.850. The zero-order valence-electron chi connectivity index (χ0n) is 8.88. The predicted octanol–water partition coefficient (Wildman–Crippen LogP) is 2.56. The first-order valence-electron chi connectivity index (χ1n) is 4.98. The van der Waals surface area contributed by atoms with Crippen molar-refractivity contribution in [3.63, 3.8) is 0 Å². The summed E-state index contributed by atoms with van der Waals surface area (Å²) >= 11 is 0. The molecule has 14 heavy (non-hydrogen) atoms. The fourth-order valence-corrected chi connectivity index (χ4v) is 1.23. The highest BCUT2D eigenvalue weighted by Gasteiger charge is 2.03. The van der Waals surface area contributed by atoms with Gasteiger partial charge in [-0.2, -0.15) is 0 Å². The number of Topliss-reactive ketones (excluding diaryl/α,β-unsaturated/α-hetero) is 1. The minimum absolute atomic E-state index is 0.133.